The van der Waals surface area contributed by atoms with Gasteiger partial charge in [0, 0.05) is 23.3 Å². The number of aromatic hydroxyl groups is 1. The average Bonchev–Trinajstić information content (AvgIpc) is 2.99. The molecule has 0 saturated carbocycles. The van der Waals surface area contributed by atoms with Gasteiger partial charge in [-0.3, -0.25) is 9.78 Å². The van der Waals surface area contributed by atoms with Crippen LogP contribution in [0.25, 0.3) is 10.9 Å². The van der Waals surface area contributed by atoms with Gasteiger partial charge in [-0.2, -0.15) is 0 Å². The van der Waals surface area contributed by atoms with Gasteiger partial charge in [-0.25, -0.2) is 0 Å². The summed E-state index contributed by atoms with van der Waals surface area (Å²) in [6.07, 6.45) is 3.04. The number of carbonyl (C=O) groups is 1. The lowest BCUT2D eigenvalue weighted by Crippen LogP contribution is -1.98. The predicted molar refractivity (Wildman–Crippen MR) is 102 cm³/mol. The maximum atomic E-state index is 12.2. The summed E-state index contributed by atoms with van der Waals surface area (Å²) < 4.78 is 1.76. The van der Waals surface area contributed by atoms with Crippen molar-refractivity contribution in [1.29, 1.82) is 0 Å². The van der Waals surface area contributed by atoms with E-state index in [0.717, 1.165) is 16.5 Å². The van der Waals surface area contributed by atoms with Crippen molar-refractivity contribution in [2.75, 3.05) is 0 Å². The third-order valence-corrected chi connectivity index (χ3v) is 4.27. The minimum atomic E-state index is -0.489. The fraction of sp³-hybridized carbons (Fsp3) is 0.0476. The van der Waals surface area contributed by atoms with Crippen LogP contribution in [0, 0.1) is 0 Å². The first-order valence-corrected chi connectivity index (χ1v) is 8.44. The van der Waals surface area contributed by atoms with Gasteiger partial charge in [0.1, 0.15) is 0 Å². The third-order valence-electron chi connectivity index (χ3n) is 4.27. The number of aromatic nitrogens is 2. The first-order chi connectivity index (χ1) is 13.2. The number of hydrogen-bond acceptors (Lipinski definition) is 4. The van der Waals surface area contributed by atoms with Gasteiger partial charge in [0.15, 0.2) is 5.69 Å². The third kappa shape index (κ3) is 3.32. The Morgan fingerprint density at radius 3 is 2.44 bits per heavy atom. The Labute approximate surface area is 155 Å². The molecule has 2 aromatic heterocycles. The zero-order chi connectivity index (χ0) is 18.6. The molecule has 0 unspecified atom stereocenters. The van der Waals surface area contributed by atoms with Crippen LogP contribution >= 0.6 is 0 Å². The molecule has 6 nitrogen and oxygen atoms in total. The number of fused-ring (bicyclic) bond motifs is 1. The number of hydrogen-bond donors (Lipinski definition) is 1. The van der Waals surface area contributed by atoms with E-state index < -0.39 is 5.91 Å². The molecule has 0 aliphatic rings. The first kappa shape index (κ1) is 16.7. The molecule has 1 N–H and O–H groups in total. The predicted octanol–water partition coefficient (Wildman–Crippen LogP) is 4.71. The van der Waals surface area contributed by atoms with Crippen molar-refractivity contribution < 1.29 is 9.90 Å². The molecule has 0 aliphatic carbocycles. The number of para-hydroxylation sites is 1. The molecule has 0 atom stereocenters. The highest BCUT2D eigenvalue weighted by molar-refractivity contribution is 5.97. The largest absolute Gasteiger partial charge is 0.493 e. The van der Waals surface area contributed by atoms with Crippen LogP contribution in [0.3, 0.4) is 0 Å². The van der Waals surface area contributed by atoms with Crippen LogP contribution in [0.4, 0.5) is 5.69 Å². The number of carbonyl (C=O) groups excluding carboxylic acids is 1. The van der Waals surface area contributed by atoms with Gasteiger partial charge in [0.2, 0.25) is 5.88 Å². The molecule has 0 saturated heterocycles. The van der Waals surface area contributed by atoms with E-state index >= 15 is 0 Å². The van der Waals surface area contributed by atoms with Crippen molar-refractivity contribution in [2.24, 2.45) is 10.2 Å². The maximum absolute atomic E-state index is 12.2. The zero-order valence-electron chi connectivity index (χ0n) is 14.4. The van der Waals surface area contributed by atoms with Crippen molar-refractivity contribution in [3.63, 3.8) is 0 Å². The SMILES string of the molecule is O=C(N=Nc1c(O)n(Cc2ccccc2)c2ccccc12)c1ccncc1. The summed E-state index contributed by atoms with van der Waals surface area (Å²) in [5.74, 6) is -0.511. The van der Waals surface area contributed by atoms with Crippen molar-refractivity contribution in [2.45, 2.75) is 6.54 Å². The minimum absolute atomic E-state index is 0.0219. The quantitative estimate of drug-likeness (QED) is 0.538. The molecule has 0 bridgehead atoms. The fourth-order valence-electron chi connectivity index (χ4n) is 2.94. The highest BCUT2D eigenvalue weighted by Crippen LogP contribution is 2.39. The summed E-state index contributed by atoms with van der Waals surface area (Å²) in [4.78, 5) is 16.1. The second kappa shape index (κ2) is 7.21. The normalized spacial score (nSPS) is 11.3. The summed E-state index contributed by atoms with van der Waals surface area (Å²) in [5, 5.41) is 19.3. The lowest BCUT2D eigenvalue weighted by Gasteiger charge is -2.06. The van der Waals surface area contributed by atoms with Crippen LogP contribution in [0.15, 0.2) is 89.4 Å². The topological polar surface area (TPSA) is 79.8 Å². The van der Waals surface area contributed by atoms with Gasteiger partial charge in [-0.05, 0) is 23.8 Å². The lowest BCUT2D eigenvalue weighted by atomic mass is 10.2. The number of pyridine rings is 1. The molecular weight excluding hydrogens is 340 g/mol. The smallest absolute Gasteiger partial charge is 0.295 e. The van der Waals surface area contributed by atoms with Crippen LogP contribution in [0.1, 0.15) is 15.9 Å². The standard InChI is InChI=1S/C21H16N4O2/c26-20(16-10-12-22-13-11-16)24-23-19-17-8-4-5-9-18(17)25(21(19)27)14-15-6-2-1-3-7-15/h1-13,27H,14H2. The van der Waals surface area contributed by atoms with Crippen molar-refractivity contribution >= 4 is 22.5 Å². The average molecular weight is 356 g/mol. The van der Waals surface area contributed by atoms with Crippen LogP contribution in [0.5, 0.6) is 5.88 Å². The number of benzene rings is 2. The maximum Gasteiger partial charge on any atom is 0.295 e. The molecule has 4 rings (SSSR count). The van der Waals surface area contributed by atoms with Crippen LogP contribution in [0.2, 0.25) is 0 Å². The zero-order valence-corrected chi connectivity index (χ0v) is 14.4. The Kier molecular flexibility index (Phi) is 4.45. The summed E-state index contributed by atoms with van der Waals surface area (Å²) in [6, 6.07) is 20.5. The van der Waals surface area contributed by atoms with E-state index in [2.05, 4.69) is 15.2 Å². The highest BCUT2D eigenvalue weighted by atomic mass is 16.3. The Morgan fingerprint density at radius 1 is 0.963 bits per heavy atom. The summed E-state index contributed by atoms with van der Waals surface area (Å²) in [7, 11) is 0. The molecule has 0 spiro atoms. The van der Waals surface area contributed by atoms with Gasteiger partial charge in [0.25, 0.3) is 5.91 Å². The molecule has 132 valence electrons. The number of rotatable bonds is 4. The van der Waals surface area contributed by atoms with E-state index in [9.17, 15) is 9.90 Å². The van der Waals surface area contributed by atoms with E-state index in [1.165, 1.54) is 12.4 Å². The second-order valence-electron chi connectivity index (χ2n) is 6.00. The van der Waals surface area contributed by atoms with E-state index in [-0.39, 0.29) is 11.6 Å². The molecule has 1 amide bonds. The summed E-state index contributed by atoms with van der Waals surface area (Å²) >= 11 is 0. The Bertz CT molecular complexity index is 1120. The highest BCUT2D eigenvalue weighted by Gasteiger charge is 2.17. The number of amides is 1. The fourth-order valence-corrected chi connectivity index (χ4v) is 2.94. The van der Waals surface area contributed by atoms with Crippen LogP contribution in [-0.4, -0.2) is 20.6 Å². The molecule has 27 heavy (non-hydrogen) atoms. The number of nitrogens with zero attached hydrogens (tertiary/aromatic N) is 4. The summed E-state index contributed by atoms with van der Waals surface area (Å²) in [5.41, 5.74) is 2.54. The minimum Gasteiger partial charge on any atom is -0.493 e. The van der Waals surface area contributed by atoms with E-state index in [4.69, 9.17) is 0 Å². The molecular formula is C21H16N4O2. The van der Waals surface area contributed by atoms with Gasteiger partial charge in [-0.15, -0.1) is 10.2 Å². The molecule has 2 heterocycles. The monoisotopic (exact) mass is 356 g/mol. The molecule has 0 radical (unpaired) electrons. The molecule has 6 heteroatoms. The van der Waals surface area contributed by atoms with E-state index in [0.29, 0.717) is 12.1 Å². The molecule has 4 aromatic rings. The van der Waals surface area contributed by atoms with E-state index in [1.54, 1.807) is 16.7 Å². The van der Waals surface area contributed by atoms with Gasteiger partial charge < -0.3 is 9.67 Å². The van der Waals surface area contributed by atoms with Gasteiger partial charge in [0.05, 0.1) is 12.1 Å². The van der Waals surface area contributed by atoms with Crippen molar-refractivity contribution in [1.82, 2.24) is 9.55 Å². The van der Waals surface area contributed by atoms with Gasteiger partial charge in [-0.1, -0.05) is 48.5 Å². The van der Waals surface area contributed by atoms with Crippen LogP contribution < -0.4 is 0 Å². The Hall–Kier alpha value is -3.80. The van der Waals surface area contributed by atoms with E-state index in [1.807, 2.05) is 54.6 Å². The van der Waals surface area contributed by atoms with Crippen molar-refractivity contribution in [3.8, 4) is 5.88 Å². The van der Waals surface area contributed by atoms with Crippen molar-refractivity contribution in [3.05, 3.63) is 90.3 Å². The second-order valence-corrected chi connectivity index (χ2v) is 6.00. The van der Waals surface area contributed by atoms with Gasteiger partial charge >= 0.3 is 0 Å². The molecule has 2 aromatic carbocycles. The molecule has 0 aliphatic heterocycles. The number of azo groups is 1. The summed E-state index contributed by atoms with van der Waals surface area (Å²) in [6.45, 7) is 0.487. The van der Waals surface area contributed by atoms with Crippen LogP contribution in [-0.2, 0) is 6.54 Å². The lowest BCUT2D eigenvalue weighted by molar-refractivity contribution is 0.0995. The Morgan fingerprint density at radius 2 is 1.67 bits per heavy atom. The molecule has 0 fully saturated rings. The Balaban J connectivity index is 1.74. The first-order valence-electron chi connectivity index (χ1n) is 8.44.